The number of nitrogens with zero attached hydrogens (tertiary/aromatic N) is 1. The van der Waals surface area contributed by atoms with Crippen LogP contribution in [0.2, 0.25) is 0 Å². The van der Waals surface area contributed by atoms with E-state index in [4.69, 9.17) is 9.47 Å². The van der Waals surface area contributed by atoms with E-state index in [0.29, 0.717) is 12.4 Å². The molecule has 0 aliphatic heterocycles. The molecule has 5 heteroatoms. The predicted molar refractivity (Wildman–Crippen MR) is 72.9 cm³/mol. The highest BCUT2D eigenvalue weighted by Crippen LogP contribution is 2.11. The molecule has 106 valence electrons. The van der Waals surface area contributed by atoms with Crippen molar-refractivity contribution in [2.75, 3.05) is 14.2 Å². The zero-order chi connectivity index (χ0) is 14.3. The van der Waals surface area contributed by atoms with Gasteiger partial charge in [0.2, 0.25) is 5.88 Å². The number of rotatable bonds is 7. The van der Waals surface area contributed by atoms with Crippen LogP contribution in [0.5, 0.6) is 5.88 Å². The van der Waals surface area contributed by atoms with Crippen LogP contribution in [-0.2, 0) is 16.1 Å². The first kappa shape index (κ1) is 15.4. The Labute approximate surface area is 114 Å². The second-order valence-electron chi connectivity index (χ2n) is 4.48. The van der Waals surface area contributed by atoms with Gasteiger partial charge in [-0.3, -0.25) is 4.79 Å². The Hall–Kier alpha value is -1.62. The smallest absolute Gasteiger partial charge is 0.323 e. The van der Waals surface area contributed by atoms with Gasteiger partial charge in [-0.2, -0.15) is 0 Å². The Kier molecular flexibility index (Phi) is 6.29. The SMILES string of the molecule is CCC(C)C(NCc1ccc(OC)nc1)C(=O)OC. The first-order valence-electron chi connectivity index (χ1n) is 6.42. The van der Waals surface area contributed by atoms with E-state index in [1.807, 2.05) is 13.0 Å². The first-order chi connectivity index (χ1) is 9.12. The lowest BCUT2D eigenvalue weighted by Gasteiger charge is -2.21. The molecule has 2 unspecified atom stereocenters. The molecule has 0 bridgehead atoms. The predicted octanol–water partition coefficient (Wildman–Crippen LogP) is 1.77. The number of methoxy groups -OCH3 is 2. The molecule has 5 nitrogen and oxygen atoms in total. The largest absolute Gasteiger partial charge is 0.481 e. The Morgan fingerprint density at radius 3 is 2.63 bits per heavy atom. The zero-order valence-corrected chi connectivity index (χ0v) is 12.0. The van der Waals surface area contributed by atoms with Gasteiger partial charge in [-0.05, 0) is 11.5 Å². The van der Waals surface area contributed by atoms with E-state index >= 15 is 0 Å². The molecular weight excluding hydrogens is 244 g/mol. The van der Waals surface area contributed by atoms with Gasteiger partial charge < -0.3 is 14.8 Å². The van der Waals surface area contributed by atoms with Crippen LogP contribution in [0.1, 0.15) is 25.8 Å². The monoisotopic (exact) mass is 266 g/mol. The van der Waals surface area contributed by atoms with Crippen LogP contribution in [0.25, 0.3) is 0 Å². The maximum atomic E-state index is 11.7. The third kappa shape index (κ3) is 4.52. The Morgan fingerprint density at radius 1 is 1.42 bits per heavy atom. The van der Waals surface area contributed by atoms with E-state index < -0.39 is 0 Å². The molecular formula is C14H22N2O3. The molecule has 0 aromatic carbocycles. The van der Waals surface area contributed by atoms with E-state index in [0.717, 1.165) is 12.0 Å². The normalized spacial score (nSPS) is 13.7. The van der Waals surface area contributed by atoms with Gasteiger partial charge in [0, 0.05) is 18.8 Å². The minimum Gasteiger partial charge on any atom is -0.481 e. The van der Waals surface area contributed by atoms with Crippen molar-refractivity contribution in [2.45, 2.75) is 32.9 Å². The van der Waals surface area contributed by atoms with Crippen molar-refractivity contribution in [1.29, 1.82) is 0 Å². The Balaban J connectivity index is 2.62. The van der Waals surface area contributed by atoms with Crippen molar-refractivity contribution in [1.82, 2.24) is 10.3 Å². The number of carbonyl (C=O) groups excluding carboxylic acids is 1. The molecule has 1 aromatic rings. The summed E-state index contributed by atoms with van der Waals surface area (Å²) in [6.45, 7) is 4.65. The molecule has 0 saturated heterocycles. The van der Waals surface area contributed by atoms with Crippen LogP contribution in [-0.4, -0.2) is 31.2 Å². The quantitative estimate of drug-likeness (QED) is 0.762. The molecule has 0 aliphatic rings. The molecule has 1 rings (SSSR count). The summed E-state index contributed by atoms with van der Waals surface area (Å²) in [5.74, 6) is 0.574. The Morgan fingerprint density at radius 2 is 2.16 bits per heavy atom. The molecule has 0 fully saturated rings. The van der Waals surface area contributed by atoms with Crippen LogP contribution in [0.3, 0.4) is 0 Å². The second kappa shape index (κ2) is 7.74. The number of nitrogens with one attached hydrogen (secondary N) is 1. The Bertz CT molecular complexity index is 392. The fraction of sp³-hybridized carbons (Fsp3) is 0.571. The molecule has 0 saturated carbocycles. The summed E-state index contributed by atoms with van der Waals surface area (Å²) in [5.41, 5.74) is 0.998. The van der Waals surface area contributed by atoms with Gasteiger partial charge in [0.1, 0.15) is 6.04 Å². The molecule has 1 aromatic heterocycles. The summed E-state index contributed by atoms with van der Waals surface area (Å²) in [5, 5.41) is 3.22. The van der Waals surface area contributed by atoms with Gasteiger partial charge in [-0.1, -0.05) is 26.3 Å². The highest BCUT2D eigenvalue weighted by Gasteiger charge is 2.24. The molecule has 0 amide bonds. The standard InChI is InChI=1S/C14H22N2O3/c1-5-10(2)13(14(17)19-4)16-9-11-6-7-12(18-3)15-8-11/h6-8,10,13,16H,5,9H2,1-4H3. The summed E-state index contributed by atoms with van der Waals surface area (Å²) >= 11 is 0. The van der Waals surface area contributed by atoms with Crippen molar-refractivity contribution < 1.29 is 14.3 Å². The first-order valence-corrected chi connectivity index (χ1v) is 6.42. The lowest BCUT2D eigenvalue weighted by Crippen LogP contribution is -2.42. The second-order valence-corrected chi connectivity index (χ2v) is 4.48. The van der Waals surface area contributed by atoms with Gasteiger partial charge in [0.15, 0.2) is 0 Å². The molecule has 0 radical (unpaired) electrons. The third-order valence-electron chi connectivity index (χ3n) is 3.20. The number of carbonyl (C=O) groups is 1. The molecule has 1 N–H and O–H groups in total. The summed E-state index contributed by atoms with van der Waals surface area (Å²) in [4.78, 5) is 15.8. The van der Waals surface area contributed by atoms with Gasteiger partial charge in [0.25, 0.3) is 0 Å². The van der Waals surface area contributed by atoms with Gasteiger partial charge in [-0.15, -0.1) is 0 Å². The average molecular weight is 266 g/mol. The number of hydrogen-bond acceptors (Lipinski definition) is 5. The number of esters is 1. The molecule has 2 atom stereocenters. The molecule has 19 heavy (non-hydrogen) atoms. The fourth-order valence-corrected chi connectivity index (χ4v) is 1.74. The molecule has 0 spiro atoms. The van der Waals surface area contributed by atoms with E-state index in [-0.39, 0.29) is 17.9 Å². The number of ether oxygens (including phenoxy) is 2. The van der Waals surface area contributed by atoms with Gasteiger partial charge >= 0.3 is 5.97 Å². The van der Waals surface area contributed by atoms with E-state index in [1.165, 1.54) is 7.11 Å². The lowest BCUT2D eigenvalue weighted by molar-refractivity contribution is -0.144. The molecule has 1 heterocycles. The van der Waals surface area contributed by atoms with Crippen molar-refractivity contribution >= 4 is 5.97 Å². The number of pyridine rings is 1. The fourth-order valence-electron chi connectivity index (χ4n) is 1.74. The average Bonchev–Trinajstić information content (AvgIpc) is 2.47. The van der Waals surface area contributed by atoms with Crippen molar-refractivity contribution in [2.24, 2.45) is 5.92 Å². The summed E-state index contributed by atoms with van der Waals surface area (Å²) in [7, 11) is 2.99. The molecule has 0 aliphatic carbocycles. The maximum Gasteiger partial charge on any atom is 0.323 e. The van der Waals surface area contributed by atoms with E-state index in [9.17, 15) is 4.79 Å². The van der Waals surface area contributed by atoms with Crippen LogP contribution in [0.15, 0.2) is 18.3 Å². The number of aromatic nitrogens is 1. The van der Waals surface area contributed by atoms with Gasteiger partial charge in [0.05, 0.1) is 14.2 Å². The van der Waals surface area contributed by atoms with E-state index in [2.05, 4.69) is 17.2 Å². The van der Waals surface area contributed by atoms with Crippen LogP contribution in [0.4, 0.5) is 0 Å². The number of hydrogen-bond donors (Lipinski definition) is 1. The highest BCUT2D eigenvalue weighted by molar-refractivity contribution is 5.75. The topological polar surface area (TPSA) is 60.5 Å². The summed E-state index contributed by atoms with van der Waals surface area (Å²) in [6.07, 6.45) is 2.64. The van der Waals surface area contributed by atoms with Crippen LogP contribution in [0, 0.1) is 5.92 Å². The minimum absolute atomic E-state index is 0.221. The summed E-state index contributed by atoms with van der Waals surface area (Å²) in [6, 6.07) is 3.43. The summed E-state index contributed by atoms with van der Waals surface area (Å²) < 4.78 is 9.82. The van der Waals surface area contributed by atoms with Crippen molar-refractivity contribution in [3.63, 3.8) is 0 Å². The van der Waals surface area contributed by atoms with Gasteiger partial charge in [-0.25, -0.2) is 4.98 Å². The lowest BCUT2D eigenvalue weighted by atomic mass is 9.99. The minimum atomic E-state index is -0.294. The third-order valence-corrected chi connectivity index (χ3v) is 3.20. The van der Waals surface area contributed by atoms with E-state index in [1.54, 1.807) is 19.4 Å². The van der Waals surface area contributed by atoms with Crippen molar-refractivity contribution in [3.8, 4) is 5.88 Å². The van der Waals surface area contributed by atoms with Crippen LogP contribution >= 0.6 is 0 Å². The van der Waals surface area contributed by atoms with Crippen molar-refractivity contribution in [3.05, 3.63) is 23.9 Å². The maximum absolute atomic E-state index is 11.7. The highest BCUT2D eigenvalue weighted by atomic mass is 16.5. The zero-order valence-electron chi connectivity index (χ0n) is 12.0. The van der Waals surface area contributed by atoms with Crippen LogP contribution < -0.4 is 10.1 Å².